The molecule has 0 radical (unpaired) electrons. The van der Waals surface area contributed by atoms with E-state index in [2.05, 4.69) is 199 Å². The van der Waals surface area contributed by atoms with E-state index >= 15 is 0 Å². The average molecular weight is 1560 g/mol. The van der Waals surface area contributed by atoms with Gasteiger partial charge in [0, 0.05) is 55.3 Å². The minimum absolute atomic E-state index is 0.116. The minimum Gasteiger partial charge on any atom is -0.494 e. The number of unbranched alkanes of at least 4 members (excludes halogenated alkanes) is 2. The third-order valence-electron chi connectivity index (χ3n) is 23.4. The lowest BCUT2D eigenvalue weighted by Gasteiger charge is -2.44. The van der Waals surface area contributed by atoms with Gasteiger partial charge in [0.2, 0.25) is 0 Å². The predicted octanol–water partition coefficient (Wildman–Crippen LogP) is 23.2. The summed E-state index contributed by atoms with van der Waals surface area (Å²) in [5, 5.41) is 0. The molecule has 628 valence electrons. The van der Waals surface area contributed by atoms with Gasteiger partial charge in [0.15, 0.2) is 0 Å². The van der Waals surface area contributed by atoms with Gasteiger partial charge in [-0.25, -0.2) is 0 Å². The largest absolute Gasteiger partial charge is 0.494 e. The van der Waals surface area contributed by atoms with Crippen LogP contribution in [-0.2, 0) is 47.4 Å². The fourth-order valence-corrected chi connectivity index (χ4v) is 14.5. The number of ether oxygens (including phenoxy) is 15. The van der Waals surface area contributed by atoms with E-state index < -0.39 is 0 Å². The lowest BCUT2D eigenvalue weighted by molar-refractivity contribution is -0.187. The van der Waals surface area contributed by atoms with Crippen LogP contribution in [0.4, 0.5) is 0 Å². The molecule has 15 nitrogen and oxygen atoms in total. The average Bonchev–Trinajstić information content (AvgIpc) is 0.792. The molecule has 0 amide bonds. The van der Waals surface area contributed by atoms with Gasteiger partial charge in [0.25, 0.3) is 0 Å². The Hall–Kier alpha value is -5.30. The molecule has 5 aromatic carbocycles. The Balaban J connectivity index is 0.000000173. The second kappa shape index (κ2) is 42.2. The Morgan fingerprint density at radius 2 is 0.652 bits per heavy atom. The summed E-state index contributed by atoms with van der Waals surface area (Å²) in [5.41, 5.74) is 8.26. The van der Waals surface area contributed by atoms with Crippen LogP contribution >= 0.6 is 0 Å². The van der Waals surface area contributed by atoms with Gasteiger partial charge in [-0.3, -0.25) is 0 Å². The van der Waals surface area contributed by atoms with Gasteiger partial charge in [-0.1, -0.05) is 225 Å². The first-order chi connectivity index (χ1) is 53.2. The van der Waals surface area contributed by atoms with E-state index in [0.29, 0.717) is 35.4 Å². The van der Waals surface area contributed by atoms with Crippen molar-refractivity contribution in [1.29, 1.82) is 0 Å². The molecule has 112 heavy (non-hydrogen) atoms. The fraction of sp³-hybridized carbons (Fsp3) is 0.691. The normalized spacial score (nSPS) is 23.2. The molecular weight excluding hydrogens is 1410 g/mol. The first kappa shape index (κ1) is 92.2. The van der Waals surface area contributed by atoms with Crippen molar-refractivity contribution in [2.75, 3.05) is 126 Å². The Morgan fingerprint density at radius 3 is 0.893 bits per heavy atom. The highest BCUT2D eigenvalue weighted by atomic mass is 16.5. The van der Waals surface area contributed by atoms with E-state index in [-0.39, 0.29) is 69.1 Å². The molecule has 0 bridgehead atoms. The van der Waals surface area contributed by atoms with E-state index in [9.17, 15) is 0 Å². The highest BCUT2D eigenvalue weighted by molar-refractivity contribution is 5.35. The number of hydrogen-bond donors (Lipinski definition) is 0. The van der Waals surface area contributed by atoms with Crippen LogP contribution in [0.25, 0.3) is 0 Å². The molecule has 8 fully saturated rings. The van der Waals surface area contributed by atoms with Gasteiger partial charge >= 0.3 is 0 Å². The molecule has 0 saturated carbocycles. The first-order valence-electron chi connectivity index (χ1n) is 42.8. The van der Waals surface area contributed by atoms with Crippen molar-refractivity contribution in [2.45, 2.75) is 247 Å². The molecule has 0 N–H and O–H groups in total. The molecule has 6 unspecified atom stereocenters. The van der Waals surface area contributed by atoms with Gasteiger partial charge in [-0.05, 0) is 146 Å². The summed E-state index contributed by atoms with van der Waals surface area (Å²) in [6.07, 6.45) is 12.3. The van der Waals surface area contributed by atoms with Crippen LogP contribution < -0.4 is 23.7 Å². The van der Waals surface area contributed by atoms with E-state index in [1.54, 1.807) is 0 Å². The number of hydrogen-bond acceptors (Lipinski definition) is 15. The maximum absolute atomic E-state index is 6.06. The molecule has 0 spiro atoms. The van der Waals surface area contributed by atoms with E-state index in [1.165, 1.54) is 66.3 Å². The Kier molecular flexibility index (Phi) is 34.7. The quantitative estimate of drug-likeness (QED) is 0.0355. The summed E-state index contributed by atoms with van der Waals surface area (Å²) in [4.78, 5) is 0. The van der Waals surface area contributed by atoms with Crippen LogP contribution in [0.3, 0.4) is 0 Å². The predicted molar refractivity (Wildman–Crippen MR) is 451 cm³/mol. The SMILES string of the molecule is CC(C)(COc1ccc(C2OCC2(C)C)cc1)COc1ccc(C2OCC2(C)C)cc1.CC(C)COc1ccc(C2OCC2(C)C)cc1.CC(C)Oc1ccc(C2OCC2(C)C)cc1.CCC1(COCC2(CC)COC2)COC1.CCCCC(CC)COCC1(CC)COC1.CCCCOc1ccc(C2OCC2(C)C)cc1. The van der Waals surface area contributed by atoms with Gasteiger partial charge < -0.3 is 71.1 Å². The van der Waals surface area contributed by atoms with Crippen molar-refractivity contribution in [3.8, 4) is 28.7 Å². The Bertz CT molecular complexity index is 3340. The molecule has 0 aromatic heterocycles. The van der Waals surface area contributed by atoms with Gasteiger partial charge in [0.1, 0.15) is 28.7 Å². The van der Waals surface area contributed by atoms with Crippen molar-refractivity contribution < 1.29 is 71.1 Å². The first-order valence-corrected chi connectivity index (χ1v) is 42.8. The summed E-state index contributed by atoms with van der Waals surface area (Å²) in [6.45, 7) is 64.2. The second-order valence-corrected chi connectivity index (χ2v) is 38.5. The molecule has 5 aromatic rings. The van der Waals surface area contributed by atoms with Crippen LogP contribution in [0.1, 0.15) is 268 Å². The topological polar surface area (TPSA) is 138 Å². The van der Waals surface area contributed by atoms with Crippen LogP contribution in [0, 0.1) is 60.6 Å². The molecule has 0 aliphatic carbocycles. The number of rotatable bonds is 35. The maximum atomic E-state index is 6.06. The van der Waals surface area contributed by atoms with Crippen molar-refractivity contribution in [3.63, 3.8) is 0 Å². The highest BCUT2D eigenvalue weighted by Crippen LogP contribution is 2.50. The molecule has 8 heterocycles. The molecular formula is C97H150O15. The zero-order chi connectivity index (χ0) is 81.4. The van der Waals surface area contributed by atoms with Crippen molar-refractivity contribution in [1.82, 2.24) is 0 Å². The summed E-state index contributed by atoms with van der Waals surface area (Å²) < 4.78 is 85.0. The monoisotopic (exact) mass is 1560 g/mol. The van der Waals surface area contributed by atoms with Gasteiger partial charge in [-0.2, -0.15) is 0 Å². The van der Waals surface area contributed by atoms with E-state index in [0.717, 1.165) is 166 Å². The molecule has 15 heteroatoms. The van der Waals surface area contributed by atoms with E-state index in [1.807, 2.05) is 74.5 Å². The lowest BCUT2D eigenvalue weighted by Crippen LogP contribution is -2.49. The zero-order valence-electron chi connectivity index (χ0n) is 73.6. The van der Waals surface area contributed by atoms with E-state index in [4.69, 9.17) is 71.1 Å². The third-order valence-corrected chi connectivity index (χ3v) is 23.4. The smallest absolute Gasteiger partial charge is 0.119 e. The summed E-state index contributed by atoms with van der Waals surface area (Å²) in [5.74, 6) is 5.90. The number of benzene rings is 5. The van der Waals surface area contributed by atoms with Crippen molar-refractivity contribution >= 4 is 0 Å². The van der Waals surface area contributed by atoms with Crippen LogP contribution in [-0.4, -0.2) is 132 Å². The summed E-state index contributed by atoms with van der Waals surface area (Å²) in [6, 6.07) is 41.4. The second-order valence-electron chi connectivity index (χ2n) is 38.5. The van der Waals surface area contributed by atoms with Gasteiger partial charge in [0.05, 0.1) is 156 Å². The van der Waals surface area contributed by atoms with Crippen LogP contribution in [0.5, 0.6) is 28.7 Å². The fourth-order valence-electron chi connectivity index (χ4n) is 14.5. The molecule has 6 atom stereocenters. The Labute approximate surface area is 678 Å². The molecule has 13 rings (SSSR count). The van der Waals surface area contributed by atoms with Gasteiger partial charge in [-0.15, -0.1) is 0 Å². The van der Waals surface area contributed by atoms with Crippen molar-refractivity contribution in [3.05, 3.63) is 149 Å². The zero-order valence-corrected chi connectivity index (χ0v) is 73.6. The minimum atomic E-state index is -0.116. The molecule has 8 saturated heterocycles. The van der Waals surface area contributed by atoms with Crippen LogP contribution in [0.2, 0.25) is 0 Å². The Morgan fingerprint density at radius 1 is 0.357 bits per heavy atom. The maximum Gasteiger partial charge on any atom is 0.119 e. The standard InChI is InChI=1S/C27H36O4.2C15H22O2.C14H20O2.C14H28O2.C12H22O3/c1-25(2,15-28-21-11-7-19(8-12-21)23-26(3,4)17-30-23)16-29-22-13-9-20(10-14-22)24-27(5,6)18-31-24;1-11(2)9-16-13-7-5-12(6-8-13)14-15(3,4)10-17-14;1-4-5-10-16-13-8-6-12(7-9-13)14-15(2,3)11-17-14;1-10(2)16-12-7-5-11(6-8-12)13-14(3,4)9-15-13;1-4-7-8-13(5-2)9-15-10-14(6-3)11-16-12-14;1-3-11(5-13-6-11)9-15-10-12(4-2)7-14-8-12/h7-14,23-24H,15-18H2,1-6H3;5-8,11,14H,9-10H2,1-4H3;6-9,14H,4-5,10-11H2,1-3H3;5-8,10,13H,9H2,1-4H3;13H,4-12H2,1-3H3;3-10H2,1-2H3. The lowest BCUT2D eigenvalue weighted by atomic mass is 9.79. The summed E-state index contributed by atoms with van der Waals surface area (Å²) in [7, 11) is 0. The van der Waals surface area contributed by atoms with Crippen LogP contribution in [0.15, 0.2) is 121 Å². The summed E-state index contributed by atoms with van der Waals surface area (Å²) >= 11 is 0. The third kappa shape index (κ3) is 26.9. The molecule has 8 aliphatic rings. The highest BCUT2D eigenvalue weighted by Gasteiger charge is 2.46. The van der Waals surface area contributed by atoms with Crippen molar-refractivity contribution in [2.24, 2.45) is 60.6 Å². The molecule has 8 aliphatic heterocycles.